The van der Waals surface area contributed by atoms with Crippen molar-refractivity contribution >= 4 is 11.3 Å². The summed E-state index contributed by atoms with van der Waals surface area (Å²) in [6.45, 7) is 2.95. The molecule has 4 heteroatoms. The molecule has 1 N–H and O–H groups in total. The highest BCUT2D eigenvalue weighted by molar-refractivity contribution is 7.07. The molecule has 0 amide bonds. The monoisotopic (exact) mass is 254 g/mol. The lowest BCUT2D eigenvalue weighted by Crippen LogP contribution is -2.50. The minimum Gasteiger partial charge on any atom is -0.374 e. The van der Waals surface area contributed by atoms with Crippen molar-refractivity contribution in [2.75, 3.05) is 33.8 Å². The molecular weight excluding hydrogens is 232 g/mol. The molecule has 2 unspecified atom stereocenters. The highest BCUT2D eigenvalue weighted by Gasteiger charge is 2.25. The molecule has 0 aliphatic carbocycles. The smallest absolute Gasteiger partial charge is 0.0855 e. The Kier molecular flexibility index (Phi) is 4.98. The largest absolute Gasteiger partial charge is 0.374 e. The van der Waals surface area contributed by atoms with Crippen LogP contribution in [0, 0.1) is 0 Å². The van der Waals surface area contributed by atoms with Crippen molar-refractivity contribution in [2.24, 2.45) is 0 Å². The molecular formula is C13H22N2OS. The average Bonchev–Trinajstić information content (AvgIpc) is 2.83. The Balaban J connectivity index is 1.83. The molecule has 2 rings (SSSR count). The lowest BCUT2D eigenvalue weighted by atomic mass is 10.0. The minimum atomic E-state index is 0.331. The van der Waals surface area contributed by atoms with Crippen molar-refractivity contribution in [1.29, 1.82) is 0 Å². The zero-order valence-electron chi connectivity index (χ0n) is 10.7. The molecule has 2 heterocycles. The molecule has 3 nitrogen and oxygen atoms in total. The van der Waals surface area contributed by atoms with Crippen LogP contribution >= 0.6 is 11.3 Å². The van der Waals surface area contributed by atoms with Crippen LogP contribution in [-0.4, -0.2) is 50.8 Å². The van der Waals surface area contributed by atoms with Gasteiger partial charge in [0, 0.05) is 19.1 Å². The Morgan fingerprint density at radius 2 is 2.53 bits per heavy atom. The SMILES string of the molecule is CNC(CCc1ccsc1)C1CN(C)CCO1. The zero-order chi connectivity index (χ0) is 12.1. The number of nitrogens with one attached hydrogen (secondary N) is 1. The number of morpholine rings is 1. The van der Waals surface area contributed by atoms with Crippen molar-refractivity contribution in [3.05, 3.63) is 22.4 Å². The summed E-state index contributed by atoms with van der Waals surface area (Å²) in [4.78, 5) is 2.35. The van der Waals surface area contributed by atoms with Crippen LogP contribution in [-0.2, 0) is 11.2 Å². The van der Waals surface area contributed by atoms with Gasteiger partial charge >= 0.3 is 0 Å². The summed E-state index contributed by atoms with van der Waals surface area (Å²) in [5.41, 5.74) is 1.44. The van der Waals surface area contributed by atoms with Crippen LogP contribution in [0.2, 0.25) is 0 Å². The maximum atomic E-state index is 5.87. The quantitative estimate of drug-likeness (QED) is 0.864. The third-order valence-corrected chi connectivity index (χ3v) is 4.17. The predicted molar refractivity (Wildman–Crippen MR) is 72.7 cm³/mol. The number of aryl methyl sites for hydroxylation is 1. The number of nitrogens with zero attached hydrogens (tertiary/aromatic N) is 1. The van der Waals surface area contributed by atoms with Gasteiger partial charge in [0.15, 0.2) is 0 Å². The van der Waals surface area contributed by atoms with E-state index in [0.29, 0.717) is 12.1 Å². The first-order chi connectivity index (χ1) is 8.29. The van der Waals surface area contributed by atoms with Crippen LogP contribution in [0.3, 0.4) is 0 Å². The van der Waals surface area contributed by atoms with Gasteiger partial charge in [-0.3, -0.25) is 0 Å². The van der Waals surface area contributed by atoms with E-state index in [-0.39, 0.29) is 0 Å². The minimum absolute atomic E-state index is 0.331. The first-order valence-electron chi connectivity index (χ1n) is 6.28. The maximum absolute atomic E-state index is 5.87. The van der Waals surface area contributed by atoms with Crippen molar-refractivity contribution in [3.63, 3.8) is 0 Å². The van der Waals surface area contributed by atoms with E-state index in [2.05, 4.69) is 34.1 Å². The number of rotatable bonds is 5. The van der Waals surface area contributed by atoms with Gasteiger partial charge in [-0.25, -0.2) is 0 Å². The Hall–Kier alpha value is -0.420. The average molecular weight is 254 g/mol. The molecule has 0 radical (unpaired) electrons. The van der Waals surface area contributed by atoms with Gasteiger partial charge in [-0.2, -0.15) is 11.3 Å². The van der Waals surface area contributed by atoms with Gasteiger partial charge in [0.1, 0.15) is 0 Å². The summed E-state index contributed by atoms with van der Waals surface area (Å²) in [5, 5.41) is 7.79. The number of thiophene rings is 1. The van der Waals surface area contributed by atoms with Gasteiger partial charge in [0.25, 0.3) is 0 Å². The van der Waals surface area contributed by atoms with E-state index >= 15 is 0 Å². The molecule has 1 aromatic rings. The van der Waals surface area contributed by atoms with E-state index in [0.717, 1.165) is 32.5 Å². The second kappa shape index (κ2) is 6.50. The Morgan fingerprint density at radius 3 is 3.18 bits per heavy atom. The lowest BCUT2D eigenvalue weighted by molar-refractivity contribution is -0.0385. The number of likely N-dealkylation sites (N-methyl/N-ethyl adjacent to an activating group) is 2. The standard InChI is InChI=1S/C13H22N2OS/c1-14-12(4-3-11-5-8-17-10-11)13-9-15(2)6-7-16-13/h5,8,10,12-14H,3-4,6-7,9H2,1-2H3. The second-order valence-corrected chi connectivity index (χ2v) is 5.52. The van der Waals surface area contributed by atoms with Gasteiger partial charge in [-0.05, 0) is 49.3 Å². The molecule has 0 bridgehead atoms. The van der Waals surface area contributed by atoms with Crippen molar-refractivity contribution in [2.45, 2.75) is 25.0 Å². The highest BCUT2D eigenvalue weighted by Crippen LogP contribution is 2.14. The van der Waals surface area contributed by atoms with Crippen molar-refractivity contribution < 1.29 is 4.74 Å². The van der Waals surface area contributed by atoms with Crippen LogP contribution in [0.4, 0.5) is 0 Å². The van der Waals surface area contributed by atoms with Crippen molar-refractivity contribution in [1.82, 2.24) is 10.2 Å². The molecule has 0 saturated carbocycles. The van der Waals surface area contributed by atoms with E-state index in [9.17, 15) is 0 Å². The Bertz CT molecular complexity index is 315. The topological polar surface area (TPSA) is 24.5 Å². The van der Waals surface area contributed by atoms with Crippen LogP contribution in [0.25, 0.3) is 0 Å². The molecule has 1 aromatic heterocycles. The summed E-state index contributed by atoms with van der Waals surface area (Å²) >= 11 is 1.77. The van der Waals surface area contributed by atoms with E-state index in [4.69, 9.17) is 4.74 Å². The predicted octanol–water partition coefficient (Wildman–Crippen LogP) is 1.60. The molecule has 1 fully saturated rings. The zero-order valence-corrected chi connectivity index (χ0v) is 11.5. The lowest BCUT2D eigenvalue weighted by Gasteiger charge is -2.35. The first-order valence-corrected chi connectivity index (χ1v) is 7.22. The molecule has 1 aliphatic rings. The third kappa shape index (κ3) is 3.78. The summed E-state index contributed by atoms with van der Waals surface area (Å²) in [6, 6.07) is 2.67. The number of ether oxygens (including phenoxy) is 1. The summed E-state index contributed by atoms with van der Waals surface area (Å²) in [6.07, 6.45) is 2.61. The number of hydrogen-bond acceptors (Lipinski definition) is 4. The molecule has 96 valence electrons. The fourth-order valence-electron chi connectivity index (χ4n) is 2.33. The molecule has 0 spiro atoms. The van der Waals surface area contributed by atoms with E-state index < -0.39 is 0 Å². The molecule has 0 aromatic carbocycles. The van der Waals surface area contributed by atoms with Crippen molar-refractivity contribution in [3.8, 4) is 0 Å². The Morgan fingerprint density at radius 1 is 1.65 bits per heavy atom. The summed E-state index contributed by atoms with van der Waals surface area (Å²) in [5.74, 6) is 0. The van der Waals surface area contributed by atoms with Gasteiger partial charge in [-0.15, -0.1) is 0 Å². The molecule has 17 heavy (non-hydrogen) atoms. The second-order valence-electron chi connectivity index (χ2n) is 4.74. The molecule has 1 saturated heterocycles. The van der Waals surface area contributed by atoms with Gasteiger partial charge in [0.2, 0.25) is 0 Å². The third-order valence-electron chi connectivity index (χ3n) is 3.44. The van der Waals surface area contributed by atoms with Crippen LogP contribution in [0.15, 0.2) is 16.8 Å². The van der Waals surface area contributed by atoms with Gasteiger partial charge < -0.3 is 15.0 Å². The van der Waals surface area contributed by atoms with E-state index in [1.165, 1.54) is 5.56 Å². The highest BCUT2D eigenvalue weighted by atomic mass is 32.1. The first kappa shape index (κ1) is 13.0. The van der Waals surface area contributed by atoms with Gasteiger partial charge in [-0.1, -0.05) is 0 Å². The molecule has 1 aliphatic heterocycles. The normalized spacial score (nSPS) is 23.8. The van der Waals surface area contributed by atoms with Crippen LogP contribution in [0.1, 0.15) is 12.0 Å². The van der Waals surface area contributed by atoms with E-state index in [1.807, 2.05) is 7.05 Å². The summed E-state index contributed by atoms with van der Waals surface area (Å²) < 4.78 is 5.87. The van der Waals surface area contributed by atoms with Crippen LogP contribution in [0.5, 0.6) is 0 Å². The maximum Gasteiger partial charge on any atom is 0.0855 e. The number of hydrogen-bond donors (Lipinski definition) is 1. The van der Waals surface area contributed by atoms with Gasteiger partial charge in [0.05, 0.1) is 12.7 Å². The van der Waals surface area contributed by atoms with Crippen LogP contribution < -0.4 is 5.32 Å². The molecule has 2 atom stereocenters. The van der Waals surface area contributed by atoms with E-state index in [1.54, 1.807) is 11.3 Å². The fourth-order valence-corrected chi connectivity index (χ4v) is 3.03. The Labute approximate surface area is 108 Å². The summed E-state index contributed by atoms with van der Waals surface area (Å²) in [7, 11) is 4.21. The fraction of sp³-hybridized carbons (Fsp3) is 0.692.